The molecule has 10 heteroatoms. The Balaban J connectivity index is 1.60. The predicted octanol–water partition coefficient (Wildman–Crippen LogP) is 6.09. The molecule has 3 aromatic rings. The fourth-order valence-electron chi connectivity index (χ4n) is 5.68. The molecule has 2 amide bonds. The Kier molecular flexibility index (Phi) is 12.3. The van der Waals surface area contributed by atoms with Crippen molar-refractivity contribution in [3.05, 3.63) is 94.5 Å². The number of nitrogens with zero attached hydrogens (tertiary/aromatic N) is 2. The Morgan fingerprint density at radius 2 is 1.66 bits per heavy atom. The number of carbonyl (C=O) groups excluding carboxylic acids is 2. The van der Waals surface area contributed by atoms with Crippen LogP contribution < -0.4 is 14.4 Å². The molecule has 1 aliphatic rings. The van der Waals surface area contributed by atoms with Crippen molar-refractivity contribution in [3.63, 3.8) is 0 Å². The number of nitrogens with one attached hydrogen (secondary N) is 1. The van der Waals surface area contributed by atoms with Crippen LogP contribution in [0.4, 0.5) is 5.69 Å². The van der Waals surface area contributed by atoms with Crippen molar-refractivity contribution in [1.29, 1.82) is 0 Å². The van der Waals surface area contributed by atoms with Crippen molar-refractivity contribution in [3.8, 4) is 5.75 Å². The molecule has 0 radical (unpaired) electrons. The van der Waals surface area contributed by atoms with E-state index in [0.717, 1.165) is 47.5 Å². The normalized spacial score (nSPS) is 14.2. The standard InChI is InChI=1S/C34H42BrN3O5S/c1-3-43-32-20-10-9-19-30(32)38(44(2,41)42)22-12-21-33(39)37(25-27-15-11-16-28(35)23-27)31(24-26-13-5-4-6-14-26)34(40)36-29-17-7-8-18-29/h4-6,9-11,13-16,19-20,23,29,31H,3,7-8,12,17-18,21-22,24-25H2,1-2H3,(H,36,40)/t31-/m1/s1. The van der Waals surface area contributed by atoms with E-state index in [4.69, 9.17) is 4.74 Å². The lowest BCUT2D eigenvalue weighted by Crippen LogP contribution is -2.52. The van der Waals surface area contributed by atoms with Crippen LogP contribution in [0, 0.1) is 0 Å². The molecule has 1 saturated carbocycles. The maximum Gasteiger partial charge on any atom is 0.243 e. The third kappa shape index (κ3) is 9.56. The highest BCUT2D eigenvalue weighted by Gasteiger charge is 2.32. The van der Waals surface area contributed by atoms with Gasteiger partial charge in [-0.15, -0.1) is 0 Å². The van der Waals surface area contributed by atoms with Crippen LogP contribution in [0.2, 0.25) is 0 Å². The highest BCUT2D eigenvalue weighted by Crippen LogP contribution is 2.30. The average Bonchev–Trinajstić information content (AvgIpc) is 3.50. The number of hydrogen-bond acceptors (Lipinski definition) is 5. The molecular weight excluding hydrogens is 642 g/mol. The lowest BCUT2D eigenvalue weighted by atomic mass is 10.0. The minimum atomic E-state index is -3.66. The molecule has 0 spiro atoms. The number of halogens is 1. The molecule has 1 aliphatic carbocycles. The van der Waals surface area contributed by atoms with Crippen molar-refractivity contribution in [2.75, 3.05) is 23.7 Å². The zero-order valence-corrected chi connectivity index (χ0v) is 27.9. The van der Waals surface area contributed by atoms with Crippen LogP contribution in [0.15, 0.2) is 83.3 Å². The minimum Gasteiger partial charge on any atom is -0.492 e. The van der Waals surface area contributed by atoms with Gasteiger partial charge in [0.2, 0.25) is 21.8 Å². The molecule has 0 aliphatic heterocycles. The Hall–Kier alpha value is -3.37. The molecule has 0 saturated heterocycles. The first-order chi connectivity index (χ1) is 21.2. The molecule has 236 valence electrons. The van der Waals surface area contributed by atoms with Gasteiger partial charge >= 0.3 is 0 Å². The Bertz CT molecular complexity index is 1500. The van der Waals surface area contributed by atoms with Crippen molar-refractivity contribution in [1.82, 2.24) is 10.2 Å². The second-order valence-electron chi connectivity index (χ2n) is 11.2. The second-order valence-corrected chi connectivity index (χ2v) is 14.0. The molecule has 0 heterocycles. The van der Waals surface area contributed by atoms with Crippen molar-refractivity contribution < 1.29 is 22.7 Å². The topological polar surface area (TPSA) is 96.0 Å². The number of benzene rings is 3. The van der Waals surface area contributed by atoms with Crippen LogP contribution in [-0.2, 0) is 32.6 Å². The lowest BCUT2D eigenvalue weighted by molar-refractivity contribution is -0.141. The van der Waals surface area contributed by atoms with Gasteiger partial charge in [-0.05, 0) is 61.6 Å². The number of carbonyl (C=O) groups is 2. The summed E-state index contributed by atoms with van der Waals surface area (Å²) in [6.07, 6.45) is 5.90. The number of ether oxygens (including phenoxy) is 1. The van der Waals surface area contributed by atoms with Crippen molar-refractivity contribution in [2.24, 2.45) is 0 Å². The summed E-state index contributed by atoms with van der Waals surface area (Å²) in [4.78, 5) is 29.6. The van der Waals surface area contributed by atoms with E-state index in [0.29, 0.717) is 24.5 Å². The van der Waals surface area contributed by atoms with Gasteiger partial charge in [0.1, 0.15) is 11.8 Å². The number of rotatable bonds is 15. The van der Waals surface area contributed by atoms with Crippen LogP contribution in [0.1, 0.15) is 56.6 Å². The Morgan fingerprint density at radius 1 is 0.977 bits per heavy atom. The summed E-state index contributed by atoms with van der Waals surface area (Å²) >= 11 is 3.53. The van der Waals surface area contributed by atoms with E-state index in [-0.39, 0.29) is 43.8 Å². The average molecular weight is 685 g/mol. The molecule has 1 atom stereocenters. The Labute approximate surface area is 270 Å². The molecule has 1 N–H and O–H groups in total. The summed E-state index contributed by atoms with van der Waals surface area (Å²) in [5.74, 6) is 0.0982. The quantitative estimate of drug-likeness (QED) is 0.209. The van der Waals surface area contributed by atoms with E-state index >= 15 is 0 Å². The molecule has 1 fully saturated rings. The summed E-state index contributed by atoms with van der Waals surface area (Å²) in [5, 5.41) is 3.22. The maximum atomic E-state index is 14.1. The van der Waals surface area contributed by atoms with Gasteiger partial charge in [-0.2, -0.15) is 0 Å². The van der Waals surface area contributed by atoms with Gasteiger partial charge in [0.15, 0.2) is 0 Å². The fraction of sp³-hybridized carbons (Fsp3) is 0.412. The molecule has 3 aromatic carbocycles. The van der Waals surface area contributed by atoms with Crippen LogP contribution in [0.25, 0.3) is 0 Å². The molecule has 8 nitrogen and oxygen atoms in total. The molecule has 4 rings (SSSR count). The number of sulfonamides is 1. The van der Waals surface area contributed by atoms with Crippen molar-refractivity contribution in [2.45, 2.75) is 70.5 Å². The zero-order valence-electron chi connectivity index (χ0n) is 25.5. The van der Waals surface area contributed by atoms with Gasteiger partial charge in [-0.1, -0.05) is 83.4 Å². The first-order valence-electron chi connectivity index (χ1n) is 15.2. The molecule has 0 unspecified atom stereocenters. The number of para-hydroxylation sites is 2. The fourth-order valence-corrected chi connectivity index (χ4v) is 7.09. The summed E-state index contributed by atoms with van der Waals surface area (Å²) < 4.78 is 33.6. The molecule has 44 heavy (non-hydrogen) atoms. The summed E-state index contributed by atoms with van der Waals surface area (Å²) in [6.45, 7) is 2.58. The van der Waals surface area contributed by atoms with Crippen molar-refractivity contribution >= 4 is 43.5 Å². The van der Waals surface area contributed by atoms with Gasteiger partial charge in [-0.3, -0.25) is 13.9 Å². The van der Waals surface area contributed by atoms with Crippen LogP contribution in [0.5, 0.6) is 5.75 Å². The van der Waals surface area contributed by atoms with Gasteiger partial charge in [0.05, 0.1) is 18.6 Å². The largest absolute Gasteiger partial charge is 0.492 e. The Morgan fingerprint density at radius 3 is 2.34 bits per heavy atom. The van der Waals surface area contributed by atoms with Gasteiger partial charge < -0.3 is 15.0 Å². The number of hydrogen-bond donors (Lipinski definition) is 1. The van der Waals surface area contributed by atoms with Crippen LogP contribution in [-0.4, -0.2) is 56.6 Å². The minimum absolute atomic E-state index is 0.0683. The zero-order chi connectivity index (χ0) is 31.5. The van der Waals surface area contributed by atoms with Gasteiger partial charge in [0, 0.05) is 36.4 Å². The second kappa shape index (κ2) is 16.1. The third-order valence-corrected chi connectivity index (χ3v) is 9.47. The van der Waals surface area contributed by atoms with Gasteiger partial charge in [-0.25, -0.2) is 8.42 Å². The monoisotopic (exact) mass is 683 g/mol. The first kappa shape index (κ1) is 33.5. The predicted molar refractivity (Wildman–Crippen MR) is 178 cm³/mol. The molecule has 0 bridgehead atoms. The summed E-state index contributed by atoms with van der Waals surface area (Å²) in [5.41, 5.74) is 2.29. The lowest BCUT2D eigenvalue weighted by Gasteiger charge is -2.33. The molecular formula is C34H42BrN3O5S. The number of amides is 2. The summed E-state index contributed by atoms with van der Waals surface area (Å²) in [6, 6.07) is 23.8. The summed E-state index contributed by atoms with van der Waals surface area (Å²) in [7, 11) is -3.66. The van der Waals surface area contributed by atoms with E-state index in [1.165, 1.54) is 4.31 Å². The van der Waals surface area contributed by atoms with E-state index in [9.17, 15) is 18.0 Å². The van der Waals surface area contributed by atoms with Crippen LogP contribution >= 0.6 is 15.9 Å². The van der Waals surface area contributed by atoms with Crippen LogP contribution in [0.3, 0.4) is 0 Å². The van der Waals surface area contributed by atoms with E-state index in [2.05, 4.69) is 21.2 Å². The smallest absolute Gasteiger partial charge is 0.243 e. The molecule has 0 aromatic heterocycles. The highest BCUT2D eigenvalue weighted by molar-refractivity contribution is 9.10. The number of anilines is 1. The SMILES string of the molecule is CCOc1ccccc1N(CCCC(=O)N(Cc1cccc(Br)c1)[C@H](Cc1ccccc1)C(=O)NC1CCCC1)S(C)(=O)=O. The highest BCUT2D eigenvalue weighted by atomic mass is 79.9. The van der Waals surface area contributed by atoms with E-state index in [1.54, 1.807) is 29.2 Å². The van der Waals surface area contributed by atoms with E-state index < -0.39 is 16.1 Å². The van der Waals surface area contributed by atoms with Gasteiger partial charge in [0.25, 0.3) is 0 Å². The third-order valence-electron chi connectivity index (χ3n) is 7.80. The van der Waals surface area contributed by atoms with E-state index in [1.807, 2.05) is 61.5 Å². The maximum absolute atomic E-state index is 14.1. The first-order valence-corrected chi connectivity index (χ1v) is 17.9.